The highest BCUT2D eigenvalue weighted by molar-refractivity contribution is 5.09. The molecule has 0 radical (unpaired) electrons. The topological polar surface area (TPSA) is 111 Å². The Balaban J connectivity index is 2.29. The molecule has 1 aromatic heterocycles. The summed E-state index contributed by atoms with van der Waals surface area (Å²) in [6, 6.07) is 0. The SMILES string of the molecule is O=[N+]([O-])c1nccn1[C@H]1O[C@H](C[18F])C(O)C1O. The molecular formula is C8H10FN3O5. The van der Waals surface area contributed by atoms with Crippen LogP contribution in [0, 0.1) is 10.1 Å². The Morgan fingerprint density at radius 2 is 2.29 bits per heavy atom. The maximum atomic E-state index is 12.4. The van der Waals surface area contributed by atoms with Crippen molar-refractivity contribution in [1.29, 1.82) is 0 Å². The van der Waals surface area contributed by atoms with E-state index in [9.17, 15) is 24.7 Å². The summed E-state index contributed by atoms with van der Waals surface area (Å²) in [6.07, 6.45) is -2.90. The third-order valence-corrected chi connectivity index (χ3v) is 2.57. The number of rotatable bonds is 3. The molecule has 2 rings (SSSR count). The van der Waals surface area contributed by atoms with Crippen LogP contribution in [0.3, 0.4) is 0 Å². The first kappa shape index (κ1) is 11.9. The molecule has 4 atom stereocenters. The minimum Gasteiger partial charge on any atom is -0.390 e. The lowest BCUT2D eigenvalue weighted by Gasteiger charge is -2.13. The molecule has 2 N–H and O–H groups in total. The van der Waals surface area contributed by atoms with E-state index in [4.69, 9.17) is 4.74 Å². The molecule has 0 aromatic carbocycles. The highest BCUT2D eigenvalue weighted by atomic mass is 18.2. The third kappa shape index (κ3) is 1.88. The number of aliphatic hydroxyl groups excluding tert-OH is 2. The summed E-state index contributed by atoms with van der Waals surface area (Å²) >= 11 is 0. The van der Waals surface area contributed by atoms with E-state index < -0.39 is 42.1 Å². The van der Waals surface area contributed by atoms with Gasteiger partial charge in [0.05, 0.1) is 0 Å². The Morgan fingerprint density at radius 3 is 2.82 bits per heavy atom. The van der Waals surface area contributed by atoms with Crippen LogP contribution in [0.25, 0.3) is 0 Å². The van der Waals surface area contributed by atoms with E-state index in [-0.39, 0.29) is 0 Å². The first-order chi connectivity index (χ1) is 8.06. The number of nitro groups is 1. The molecule has 0 saturated carbocycles. The van der Waals surface area contributed by atoms with E-state index in [1.807, 2.05) is 0 Å². The quantitative estimate of drug-likeness (QED) is 0.543. The average Bonchev–Trinajstić information content (AvgIpc) is 2.86. The molecule has 94 valence electrons. The zero-order valence-electron chi connectivity index (χ0n) is 8.51. The monoisotopic (exact) mass is 246 g/mol. The summed E-state index contributed by atoms with van der Waals surface area (Å²) in [4.78, 5) is 13.3. The Labute approximate surface area is 94.4 Å². The van der Waals surface area contributed by atoms with E-state index in [1.165, 1.54) is 6.20 Å². The zero-order valence-corrected chi connectivity index (χ0v) is 8.51. The van der Waals surface area contributed by atoms with E-state index >= 15 is 0 Å². The van der Waals surface area contributed by atoms with Gasteiger partial charge < -0.3 is 25.1 Å². The largest absolute Gasteiger partial charge is 0.436 e. The van der Waals surface area contributed by atoms with E-state index in [1.54, 1.807) is 0 Å². The van der Waals surface area contributed by atoms with Gasteiger partial charge in [0.15, 0.2) is 0 Å². The van der Waals surface area contributed by atoms with Crippen LogP contribution in [0.1, 0.15) is 6.23 Å². The van der Waals surface area contributed by atoms with Gasteiger partial charge in [-0.2, -0.15) is 4.57 Å². The van der Waals surface area contributed by atoms with Crippen molar-refractivity contribution in [2.45, 2.75) is 24.5 Å². The fourth-order valence-electron chi connectivity index (χ4n) is 1.73. The standard InChI is InChI=1S/C8H10FN3O5/c9-3-4-5(13)6(14)7(17-4)11-2-1-10-8(11)12(15)16/h1-2,4-7,13-14H,3H2/t4-,5?,6?,7+/m1/s1/i9-1. The second kappa shape index (κ2) is 4.35. The van der Waals surface area contributed by atoms with Gasteiger partial charge in [-0.15, -0.1) is 0 Å². The predicted octanol–water partition coefficient (Wildman–Crippen LogP) is -0.620. The minimum absolute atomic E-state index is 0.541. The van der Waals surface area contributed by atoms with Gasteiger partial charge in [-0.1, -0.05) is 4.98 Å². The van der Waals surface area contributed by atoms with Crippen LogP contribution in [-0.4, -0.2) is 49.7 Å². The Hall–Kier alpha value is -1.58. The summed E-state index contributed by atoms with van der Waals surface area (Å²) in [5.41, 5.74) is 0. The van der Waals surface area contributed by atoms with Gasteiger partial charge in [0, 0.05) is 0 Å². The van der Waals surface area contributed by atoms with Crippen LogP contribution >= 0.6 is 0 Å². The predicted molar refractivity (Wildman–Crippen MR) is 50.8 cm³/mol. The Morgan fingerprint density at radius 1 is 1.59 bits per heavy atom. The summed E-state index contributed by atoms with van der Waals surface area (Å²) in [7, 11) is 0. The number of alkyl halides is 1. The number of halogens is 1. The molecule has 1 aliphatic heterocycles. The third-order valence-electron chi connectivity index (χ3n) is 2.57. The Kier molecular flexibility index (Phi) is 3.05. The van der Waals surface area contributed by atoms with E-state index in [0.717, 1.165) is 10.8 Å². The molecule has 9 heteroatoms. The van der Waals surface area contributed by atoms with Crippen LogP contribution < -0.4 is 0 Å². The first-order valence-corrected chi connectivity index (χ1v) is 4.81. The fourth-order valence-corrected chi connectivity index (χ4v) is 1.73. The van der Waals surface area contributed by atoms with Gasteiger partial charge in [-0.05, 0) is 4.92 Å². The molecule has 17 heavy (non-hydrogen) atoms. The number of hydrogen-bond acceptors (Lipinski definition) is 6. The van der Waals surface area contributed by atoms with Crippen molar-refractivity contribution < 1.29 is 24.3 Å². The maximum absolute atomic E-state index is 12.4. The smallest absolute Gasteiger partial charge is 0.390 e. The number of ether oxygens (including phenoxy) is 1. The number of nitrogens with zero attached hydrogens (tertiary/aromatic N) is 3. The number of aromatic nitrogens is 2. The summed E-state index contributed by atoms with van der Waals surface area (Å²) < 4.78 is 18.4. The molecule has 2 heterocycles. The highest BCUT2D eigenvalue weighted by Crippen LogP contribution is 2.31. The maximum Gasteiger partial charge on any atom is 0.436 e. The second-order valence-corrected chi connectivity index (χ2v) is 3.59. The van der Waals surface area contributed by atoms with Gasteiger partial charge in [0.25, 0.3) is 0 Å². The second-order valence-electron chi connectivity index (χ2n) is 3.59. The molecular weight excluding hydrogens is 236 g/mol. The van der Waals surface area contributed by atoms with Crippen molar-refractivity contribution in [3.8, 4) is 0 Å². The molecule has 1 aromatic rings. The van der Waals surface area contributed by atoms with Crippen molar-refractivity contribution >= 4 is 5.95 Å². The van der Waals surface area contributed by atoms with Gasteiger partial charge in [-0.3, -0.25) is 0 Å². The van der Waals surface area contributed by atoms with Crippen LogP contribution in [0.4, 0.5) is 10.3 Å². The summed E-state index contributed by atoms with van der Waals surface area (Å²) in [5, 5.41) is 29.7. The molecule has 8 nitrogen and oxygen atoms in total. The van der Waals surface area contributed by atoms with E-state index in [0.29, 0.717) is 0 Å². The molecule has 0 amide bonds. The number of aliphatic hydroxyl groups is 2. The lowest BCUT2D eigenvalue weighted by Crippen LogP contribution is -2.32. The van der Waals surface area contributed by atoms with E-state index in [2.05, 4.69) is 4.98 Å². The molecule has 1 aliphatic rings. The van der Waals surface area contributed by atoms with Crippen molar-refractivity contribution in [3.05, 3.63) is 22.5 Å². The highest BCUT2D eigenvalue weighted by Gasteiger charge is 2.46. The van der Waals surface area contributed by atoms with Gasteiger partial charge >= 0.3 is 5.95 Å². The summed E-state index contributed by atoms with van der Waals surface area (Å²) in [5.74, 6) is -0.541. The number of hydrogen-bond donors (Lipinski definition) is 2. The normalized spacial score (nSPS) is 32.9. The molecule has 1 fully saturated rings. The van der Waals surface area contributed by atoms with Gasteiger partial charge in [0.1, 0.15) is 37.4 Å². The molecule has 2 unspecified atom stereocenters. The van der Waals surface area contributed by atoms with Crippen molar-refractivity contribution in [2.75, 3.05) is 6.67 Å². The van der Waals surface area contributed by atoms with Crippen molar-refractivity contribution in [2.24, 2.45) is 0 Å². The zero-order chi connectivity index (χ0) is 12.6. The van der Waals surface area contributed by atoms with Gasteiger partial charge in [-0.25, -0.2) is 4.39 Å². The molecule has 0 aliphatic carbocycles. The average molecular weight is 246 g/mol. The minimum atomic E-state index is -1.44. The lowest BCUT2D eigenvalue weighted by atomic mass is 10.1. The van der Waals surface area contributed by atoms with Crippen LogP contribution in [0.2, 0.25) is 0 Å². The molecule has 1 saturated heterocycles. The van der Waals surface area contributed by atoms with Crippen LogP contribution in [0.5, 0.6) is 0 Å². The van der Waals surface area contributed by atoms with Crippen LogP contribution in [-0.2, 0) is 4.74 Å². The Bertz CT molecular complexity index is 425. The first-order valence-electron chi connectivity index (χ1n) is 4.81. The lowest BCUT2D eigenvalue weighted by molar-refractivity contribution is -0.398. The number of imidazole rings is 1. The fraction of sp³-hybridized carbons (Fsp3) is 0.625. The summed E-state index contributed by atoms with van der Waals surface area (Å²) in [6.45, 7) is -0.989. The molecule has 0 spiro atoms. The van der Waals surface area contributed by atoms with Crippen molar-refractivity contribution in [1.82, 2.24) is 9.55 Å². The van der Waals surface area contributed by atoms with Crippen molar-refractivity contribution in [3.63, 3.8) is 0 Å². The molecule has 0 bridgehead atoms. The van der Waals surface area contributed by atoms with Crippen LogP contribution in [0.15, 0.2) is 12.4 Å². The van der Waals surface area contributed by atoms with Gasteiger partial charge in [0.2, 0.25) is 6.23 Å².